The summed E-state index contributed by atoms with van der Waals surface area (Å²) in [6.07, 6.45) is 1.54. The molecule has 0 spiro atoms. The molecule has 3 nitrogen and oxygen atoms in total. The molecule has 0 unspecified atom stereocenters. The molecule has 1 aliphatic carbocycles. The van der Waals surface area contributed by atoms with Crippen LogP contribution in [0.3, 0.4) is 0 Å². The van der Waals surface area contributed by atoms with E-state index in [0.29, 0.717) is 9.68 Å². The number of nitrogens with one attached hydrogen (secondary N) is 1. The maximum Gasteiger partial charge on any atom is 0.187 e. The minimum atomic E-state index is -0.356. The molecule has 0 fully saturated rings. The van der Waals surface area contributed by atoms with Gasteiger partial charge in [-0.05, 0) is 37.1 Å². The second kappa shape index (κ2) is 4.38. The van der Waals surface area contributed by atoms with Gasteiger partial charge in [0.2, 0.25) is 0 Å². The van der Waals surface area contributed by atoms with Gasteiger partial charge in [0.1, 0.15) is 5.82 Å². The van der Waals surface area contributed by atoms with Gasteiger partial charge in [-0.1, -0.05) is 25.2 Å². The summed E-state index contributed by atoms with van der Waals surface area (Å²) in [6.45, 7) is 3.90. The molecule has 1 N–H and O–H groups in total. The van der Waals surface area contributed by atoms with E-state index in [1.165, 1.54) is 23.5 Å². The Hall–Kier alpha value is -1.75. The average molecular weight is 290 g/mol. The monoisotopic (exact) mass is 290 g/mol. The molecule has 1 aromatic carbocycles. The van der Waals surface area contributed by atoms with Crippen LogP contribution >= 0.6 is 11.3 Å². The Morgan fingerprint density at radius 1 is 1.30 bits per heavy atom. The molecule has 0 radical (unpaired) electrons. The van der Waals surface area contributed by atoms with Crippen molar-refractivity contribution in [3.05, 3.63) is 45.5 Å². The molecule has 1 aromatic heterocycles. The molecule has 20 heavy (non-hydrogen) atoms. The number of Topliss-reactive ketones (excluding diaryl/α,β-unsaturated/α-hetero) is 1. The molecular formula is C15H15FN2OS. The smallest absolute Gasteiger partial charge is 0.187 e. The van der Waals surface area contributed by atoms with Crippen LogP contribution in [0.5, 0.6) is 0 Å². The highest BCUT2D eigenvalue weighted by Gasteiger charge is 2.37. The maximum atomic E-state index is 13.0. The van der Waals surface area contributed by atoms with Crippen LogP contribution in [-0.2, 0) is 6.42 Å². The van der Waals surface area contributed by atoms with Crippen molar-refractivity contribution in [2.24, 2.45) is 5.41 Å². The summed E-state index contributed by atoms with van der Waals surface area (Å²) in [5, 5.41) is 8.11. The van der Waals surface area contributed by atoms with Crippen molar-refractivity contribution in [3.8, 4) is 5.69 Å². The third kappa shape index (κ3) is 1.93. The van der Waals surface area contributed by atoms with E-state index >= 15 is 0 Å². The van der Waals surface area contributed by atoms with Crippen LogP contribution in [0.1, 0.15) is 35.6 Å². The lowest BCUT2D eigenvalue weighted by molar-refractivity contribution is 0.0814. The van der Waals surface area contributed by atoms with Gasteiger partial charge in [-0.25, -0.2) is 4.39 Å². The largest absolute Gasteiger partial charge is 0.293 e. The minimum Gasteiger partial charge on any atom is -0.293 e. The molecule has 2 aromatic rings. The van der Waals surface area contributed by atoms with Crippen LogP contribution in [-0.4, -0.2) is 10.4 Å². The van der Waals surface area contributed by atoms with Crippen molar-refractivity contribution in [1.82, 2.24) is 4.57 Å². The van der Waals surface area contributed by atoms with Gasteiger partial charge < -0.3 is 0 Å². The Balaban J connectivity index is 2.19. The zero-order valence-corrected chi connectivity index (χ0v) is 12.2. The fourth-order valence-corrected chi connectivity index (χ4v) is 3.72. The van der Waals surface area contributed by atoms with E-state index < -0.39 is 0 Å². The van der Waals surface area contributed by atoms with Crippen LogP contribution in [0.2, 0.25) is 0 Å². The van der Waals surface area contributed by atoms with E-state index in [0.717, 1.165) is 24.2 Å². The highest BCUT2D eigenvalue weighted by molar-refractivity contribution is 7.11. The number of thiazole rings is 1. The van der Waals surface area contributed by atoms with E-state index in [1.807, 2.05) is 13.8 Å². The number of fused-ring (bicyclic) bond motifs is 1. The average Bonchev–Trinajstić information content (AvgIpc) is 2.73. The zero-order chi connectivity index (χ0) is 14.5. The lowest BCUT2D eigenvalue weighted by atomic mass is 9.77. The fourth-order valence-electron chi connectivity index (χ4n) is 2.54. The first kappa shape index (κ1) is 13.2. The van der Waals surface area contributed by atoms with Crippen LogP contribution in [0, 0.1) is 16.6 Å². The lowest BCUT2D eigenvalue weighted by Crippen LogP contribution is -2.30. The van der Waals surface area contributed by atoms with E-state index in [9.17, 15) is 9.18 Å². The van der Waals surface area contributed by atoms with Crippen LogP contribution in [0.25, 0.3) is 5.69 Å². The molecule has 5 heteroatoms. The molecule has 104 valence electrons. The maximum absolute atomic E-state index is 13.0. The third-order valence-electron chi connectivity index (χ3n) is 3.83. The van der Waals surface area contributed by atoms with Gasteiger partial charge in [-0.15, -0.1) is 0 Å². The van der Waals surface area contributed by atoms with Crippen molar-refractivity contribution in [2.45, 2.75) is 26.7 Å². The van der Waals surface area contributed by atoms with Gasteiger partial charge in [-0.2, -0.15) is 0 Å². The van der Waals surface area contributed by atoms with Crippen LogP contribution < -0.4 is 4.80 Å². The van der Waals surface area contributed by atoms with E-state index in [1.54, 1.807) is 16.7 Å². The summed E-state index contributed by atoms with van der Waals surface area (Å²) < 4.78 is 14.8. The SMILES string of the molecule is CC1(C)CCc2c(sc(=N)n2-c2ccc(F)cc2)C1=O. The fraction of sp³-hybridized carbons (Fsp3) is 0.333. The summed E-state index contributed by atoms with van der Waals surface area (Å²) in [4.78, 5) is 13.4. The number of rotatable bonds is 1. The minimum absolute atomic E-state index is 0.109. The van der Waals surface area contributed by atoms with E-state index in [4.69, 9.17) is 5.41 Å². The second-order valence-electron chi connectivity index (χ2n) is 5.71. The molecule has 3 rings (SSSR count). The number of ketones is 1. The number of nitrogens with zero attached hydrogens (tertiary/aromatic N) is 1. The number of halogens is 1. The molecule has 0 atom stereocenters. The van der Waals surface area contributed by atoms with Crippen molar-refractivity contribution in [3.63, 3.8) is 0 Å². The topological polar surface area (TPSA) is 45.9 Å². The third-order valence-corrected chi connectivity index (χ3v) is 4.83. The summed E-state index contributed by atoms with van der Waals surface area (Å²) in [5.74, 6) is -0.194. The van der Waals surface area contributed by atoms with Gasteiger partial charge in [0.05, 0.1) is 4.88 Å². The van der Waals surface area contributed by atoms with E-state index in [-0.39, 0.29) is 17.0 Å². The molecule has 0 saturated heterocycles. The van der Waals surface area contributed by atoms with Gasteiger partial charge >= 0.3 is 0 Å². The predicted octanol–water partition coefficient (Wildman–Crippen LogP) is 3.31. The van der Waals surface area contributed by atoms with Crippen molar-refractivity contribution >= 4 is 17.1 Å². The molecule has 0 saturated carbocycles. The van der Waals surface area contributed by atoms with Crippen molar-refractivity contribution in [1.29, 1.82) is 5.41 Å². The Morgan fingerprint density at radius 3 is 2.60 bits per heavy atom. The standard InChI is InChI=1S/C15H15FN2OS/c1-15(2)8-7-11-12(13(15)19)20-14(17)18(11)10-5-3-9(16)4-6-10/h3-6,17H,7-8H2,1-2H3. The Kier molecular flexibility index (Phi) is 2.90. The van der Waals surface area contributed by atoms with Crippen LogP contribution in [0.15, 0.2) is 24.3 Å². The number of carbonyl (C=O) groups is 1. The Morgan fingerprint density at radius 2 is 1.95 bits per heavy atom. The second-order valence-corrected chi connectivity index (χ2v) is 6.71. The molecule has 0 aliphatic heterocycles. The van der Waals surface area contributed by atoms with Gasteiger partial charge in [0.25, 0.3) is 0 Å². The first-order valence-electron chi connectivity index (χ1n) is 6.50. The quantitative estimate of drug-likeness (QED) is 0.860. The Labute approximate surface area is 120 Å². The number of benzene rings is 1. The van der Waals surface area contributed by atoms with Gasteiger partial charge in [-0.3, -0.25) is 14.8 Å². The highest BCUT2D eigenvalue weighted by atomic mass is 32.1. The molecule has 0 amide bonds. The van der Waals surface area contributed by atoms with Crippen molar-refractivity contribution in [2.75, 3.05) is 0 Å². The summed E-state index contributed by atoms with van der Waals surface area (Å²) in [6, 6.07) is 6.04. The summed E-state index contributed by atoms with van der Waals surface area (Å²) in [5.41, 5.74) is 1.27. The van der Waals surface area contributed by atoms with Crippen LogP contribution in [0.4, 0.5) is 4.39 Å². The Bertz CT molecular complexity index is 740. The molecule has 1 heterocycles. The van der Waals surface area contributed by atoms with Gasteiger partial charge in [0.15, 0.2) is 10.6 Å². The summed E-state index contributed by atoms with van der Waals surface area (Å²) >= 11 is 1.21. The zero-order valence-electron chi connectivity index (χ0n) is 11.4. The first-order valence-corrected chi connectivity index (χ1v) is 7.32. The van der Waals surface area contributed by atoms with Gasteiger partial charge in [0, 0.05) is 16.8 Å². The number of hydrogen-bond donors (Lipinski definition) is 1. The number of hydrogen-bond acceptors (Lipinski definition) is 3. The number of carbonyl (C=O) groups excluding carboxylic acids is 1. The van der Waals surface area contributed by atoms with Crippen molar-refractivity contribution < 1.29 is 9.18 Å². The normalized spacial score (nSPS) is 17.1. The van der Waals surface area contributed by atoms with E-state index in [2.05, 4.69) is 0 Å². The number of aromatic nitrogens is 1. The first-order chi connectivity index (χ1) is 9.40. The molecular weight excluding hydrogens is 275 g/mol. The highest BCUT2D eigenvalue weighted by Crippen LogP contribution is 2.36. The summed E-state index contributed by atoms with van der Waals surface area (Å²) in [7, 11) is 0. The predicted molar refractivity (Wildman–Crippen MR) is 75.9 cm³/mol. The lowest BCUT2D eigenvalue weighted by Gasteiger charge is -2.27. The molecule has 1 aliphatic rings. The molecule has 0 bridgehead atoms.